The Balaban J connectivity index is 3.18. The Morgan fingerprint density at radius 2 is 2.12 bits per heavy atom. The fourth-order valence-electron chi connectivity index (χ4n) is 0.243. The first-order chi connectivity index (χ1) is 3.63. The smallest absolute Gasteiger partial charge is 0.303 e. The highest BCUT2D eigenvalue weighted by Gasteiger charge is 1.95. The maximum absolute atomic E-state index is 9.80. The number of hydrogen-bond donors (Lipinski definition) is 1. The average molecular weight is 135 g/mol. The Labute approximate surface area is 52.8 Å². The van der Waals surface area contributed by atoms with Crippen LogP contribution in [0, 0.1) is 0 Å². The molecule has 0 aromatic carbocycles. The second-order valence-electron chi connectivity index (χ2n) is 1.41. The van der Waals surface area contributed by atoms with Crippen molar-refractivity contribution < 1.29 is 9.90 Å². The quantitative estimate of drug-likeness (QED) is 0.637. The summed E-state index contributed by atoms with van der Waals surface area (Å²) in [5.41, 5.74) is 0. The van der Waals surface area contributed by atoms with E-state index >= 15 is 0 Å². The number of aliphatic carboxylic acids is 1. The van der Waals surface area contributed by atoms with E-state index in [4.69, 9.17) is 16.7 Å². The molecule has 0 saturated heterocycles. The lowest BCUT2D eigenvalue weighted by molar-refractivity contribution is -0.136. The fourth-order valence-corrected chi connectivity index (χ4v) is 0.337. The fraction of sp³-hybridized carbons (Fsp3) is 0.400. The van der Waals surface area contributed by atoms with Gasteiger partial charge in [0.2, 0.25) is 0 Å². The van der Waals surface area contributed by atoms with E-state index in [-0.39, 0.29) is 6.42 Å². The van der Waals surface area contributed by atoms with Gasteiger partial charge >= 0.3 is 5.97 Å². The van der Waals surface area contributed by atoms with Crippen LogP contribution in [0.2, 0.25) is 0 Å². The van der Waals surface area contributed by atoms with Gasteiger partial charge in [-0.25, -0.2) is 0 Å². The summed E-state index contributed by atoms with van der Waals surface area (Å²) in [6.07, 6.45) is 0.430. The number of halogens is 1. The summed E-state index contributed by atoms with van der Waals surface area (Å²) < 4.78 is 0. The van der Waals surface area contributed by atoms with Crippen LogP contribution in [0.25, 0.3) is 0 Å². The van der Waals surface area contributed by atoms with Crippen molar-refractivity contribution >= 4 is 17.6 Å². The Morgan fingerprint density at radius 1 is 1.62 bits per heavy atom. The summed E-state index contributed by atoms with van der Waals surface area (Å²) in [7, 11) is 0. The standard InChI is InChI=1S/C5H7ClO2/c1-4(6)2-3-5(7)8/h1-3H2,(H,7,8). The predicted octanol–water partition coefficient (Wildman–Crippen LogP) is 1.60. The first-order valence-electron chi connectivity index (χ1n) is 2.18. The van der Waals surface area contributed by atoms with Gasteiger partial charge in [0.05, 0.1) is 6.42 Å². The molecule has 2 nitrogen and oxygen atoms in total. The Kier molecular flexibility index (Phi) is 3.28. The summed E-state index contributed by atoms with van der Waals surface area (Å²) >= 11 is 5.26. The van der Waals surface area contributed by atoms with Crippen LogP contribution < -0.4 is 0 Å². The van der Waals surface area contributed by atoms with E-state index in [1.165, 1.54) is 0 Å². The molecule has 0 aliphatic carbocycles. The third-order valence-corrected chi connectivity index (χ3v) is 0.799. The molecule has 0 radical (unpaired) electrons. The molecule has 0 saturated carbocycles. The predicted molar refractivity (Wildman–Crippen MR) is 31.9 cm³/mol. The monoisotopic (exact) mass is 134 g/mol. The molecule has 0 amide bonds. The molecule has 3 heteroatoms. The molecule has 8 heavy (non-hydrogen) atoms. The number of carbonyl (C=O) groups is 1. The van der Waals surface area contributed by atoms with Crippen molar-refractivity contribution in [3.05, 3.63) is 11.6 Å². The molecule has 0 aliphatic heterocycles. The molecule has 0 atom stereocenters. The van der Waals surface area contributed by atoms with Gasteiger partial charge in [0.25, 0.3) is 0 Å². The highest BCUT2D eigenvalue weighted by atomic mass is 35.5. The third-order valence-electron chi connectivity index (χ3n) is 0.610. The Bertz CT molecular complexity index is 95.0. The van der Waals surface area contributed by atoms with E-state index in [1.54, 1.807) is 0 Å². The van der Waals surface area contributed by atoms with Crippen LogP contribution in [0.1, 0.15) is 12.8 Å². The van der Waals surface area contributed by atoms with Gasteiger partial charge < -0.3 is 5.11 Å². The van der Waals surface area contributed by atoms with Gasteiger partial charge in [0, 0.05) is 5.03 Å². The molecule has 0 spiro atoms. The number of hydrogen-bond acceptors (Lipinski definition) is 1. The van der Waals surface area contributed by atoms with Gasteiger partial charge in [-0.2, -0.15) is 0 Å². The van der Waals surface area contributed by atoms with Crippen molar-refractivity contribution in [2.24, 2.45) is 0 Å². The summed E-state index contributed by atoms with van der Waals surface area (Å²) in [5.74, 6) is -0.841. The van der Waals surface area contributed by atoms with Crippen molar-refractivity contribution in [2.75, 3.05) is 0 Å². The average Bonchev–Trinajstić information content (AvgIpc) is 1.61. The lowest BCUT2D eigenvalue weighted by Gasteiger charge is -1.88. The second kappa shape index (κ2) is 3.50. The van der Waals surface area contributed by atoms with Crippen LogP contribution in [0.3, 0.4) is 0 Å². The van der Waals surface area contributed by atoms with E-state index in [1.807, 2.05) is 0 Å². The van der Waals surface area contributed by atoms with Crippen LogP contribution in [0.15, 0.2) is 11.6 Å². The second-order valence-corrected chi connectivity index (χ2v) is 1.95. The van der Waals surface area contributed by atoms with Gasteiger partial charge in [-0.15, -0.1) is 0 Å². The van der Waals surface area contributed by atoms with Crippen LogP contribution in [-0.2, 0) is 4.79 Å². The van der Waals surface area contributed by atoms with Crippen LogP contribution in [-0.4, -0.2) is 11.1 Å². The zero-order chi connectivity index (χ0) is 6.57. The van der Waals surface area contributed by atoms with E-state index < -0.39 is 5.97 Å². The van der Waals surface area contributed by atoms with Crippen molar-refractivity contribution in [1.29, 1.82) is 0 Å². The van der Waals surface area contributed by atoms with E-state index in [0.717, 1.165) is 0 Å². The van der Waals surface area contributed by atoms with Gasteiger partial charge in [0.1, 0.15) is 0 Å². The van der Waals surface area contributed by atoms with Gasteiger partial charge in [0.15, 0.2) is 0 Å². The highest BCUT2D eigenvalue weighted by molar-refractivity contribution is 6.29. The van der Waals surface area contributed by atoms with Crippen molar-refractivity contribution in [1.82, 2.24) is 0 Å². The molecule has 0 aliphatic rings. The molecule has 0 rings (SSSR count). The summed E-state index contributed by atoms with van der Waals surface area (Å²) in [6, 6.07) is 0. The van der Waals surface area contributed by atoms with Crippen LogP contribution in [0.4, 0.5) is 0 Å². The normalized spacial score (nSPS) is 8.62. The molecular weight excluding hydrogens is 128 g/mol. The Hall–Kier alpha value is -0.500. The van der Waals surface area contributed by atoms with Gasteiger partial charge in [-0.1, -0.05) is 18.2 Å². The minimum atomic E-state index is -0.841. The molecule has 0 heterocycles. The zero-order valence-electron chi connectivity index (χ0n) is 4.35. The number of rotatable bonds is 3. The molecule has 46 valence electrons. The largest absolute Gasteiger partial charge is 0.481 e. The van der Waals surface area contributed by atoms with Crippen molar-refractivity contribution in [2.45, 2.75) is 12.8 Å². The van der Waals surface area contributed by atoms with E-state index in [0.29, 0.717) is 11.5 Å². The molecule has 0 bridgehead atoms. The lowest BCUT2D eigenvalue weighted by Crippen LogP contribution is -1.92. The third kappa shape index (κ3) is 5.50. The topological polar surface area (TPSA) is 37.3 Å². The van der Waals surface area contributed by atoms with Crippen LogP contribution in [0.5, 0.6) is 0 Å². The number of allylic oxidation sites excluding steroid dienone is 1. The first kappa shape index (κ1) is 7.50. The van der Waals surface area contributed by atoms with Crippen LogP contribution >= 0.6 is 11.6 Å². The lowest BCUT2D eigenvalue weighted by atomic mass is 10.3. The summed E-state index contributed by atoms with van der Waals surface area (Å²) in [6.45, 7) is 3.33. The SMILES string of the molecule is C=C(Cl)CCC(=O)O. The van der Waals surface area contributed by atoms with E-state index in [2.05, 4.69) is 6.58 Å². The highest BCUT2D eigenvalue weighted by Crippen LogP contribution is 2.05. The molecule has 0 unspecified atom stereocenters. The maximum Gasteiger partial charge on any atom is 0.303 e. The molecule has 0 aromatic heterocycles. The number of carboxylic acid groups (broad SMARTS) is 1. The molecule has 0 aromatic rings. The van der Waals surface area contributed by atoms with Gasteiger partial charge in [-0.05, 0) is 6.42 Å². The minimum absolute atomic E-state index is 0.0718. The van der Waals surface area contributed by atoms with Gasteiger partial charge in [-0.3, -0.25) is 4.79 Å². The van der Waals surface area contributed by atoms with Crippen molar-refractivity contribution in [3.8, 4) is 0 Å². The molecule has 1 N–H and O–H groups in total. The maximum atomic E-state index is 9.80. The first-order valence-corrected chi connectivity index (χ1v) is 2.56. The van der Waals surface area contributed by atoms with E-state index in [9.17, 15) is 4.79 Å². The Morgan fingerprint density at radius 3 is 2.25 bits per heavy atom. The van der Waals surface area contributed by atoms with Crippen molar-refractivity contribution in [3.63, 3.8) is 0 Å². The molecule has 0 fully saturated rings. The summed E-state index contributed by atoms with van der Waals surface area (Å²) in [4.78, 5) is 9.80. The minimum Gasteiger partial charge on any atom is -0.481 e. The summed E-state index contributed by atoms with van der Waals surface area (Å²) in [5, 5.41) is 8.46. The molecular formula is C5H7ClO2. The zero-order valence-corrected chi connectivity index (χ0v) is 5.11. The number of carboxylic acids is 1.